The minimum Gasteiger partial charge on any atom is -0.496 e. The van der Waals surface area contributed by atoms with Crippen molar-refractivity contribution in [3.63, 3.8) is 0 Å². The number of nitrogens with zero attached hydrogens (tertiary/aromatic N) is 4. The van der Waals surface area contributed by atoms with Gasteiger partial charge in [-0.05, 0) is 29.8 Å². The number of methoxy groups -OCH3 is 1. The van der Waals surface area contributed by atoms with E-state index in [1.54, 1.807) is 30.2 Å². The van der Waals surface area contributed by atoms with Crippen molar-refractivity contribution < 1.29 is 4.74 Å². The zero-order chi connectivity index (χ0) is 17.2. The van der Waals surface area contributed by atoms with Gasteiger partial charge in [-0.2, -0.15) is 5.10 Å². The summed E-state index contributed by atoms with van der Waals surface area (Å²) in [5, 5.41) is 4.39. The Labute approximate surface area is 144 Å². The van der Waals surface area contributed by atoms with Gasteiger partial charge >= 0.3 is 0 Å². The van der Waals surface area contributed by atoms with E-state index >= 15 is 0 Å². The second-order valence-corrected chi connectivity index (χ2v) is 5.64. The van der Waals surface area contributed by atoms with Crippen LogP contribution in [0.15, 0.2) is 67.3 Å². The Kier molecular flexibility index (Phi) is 3.87. The molecule has 0 saturated heterocycles. The van der Waals surface area contributed by atoms with E-state index in [1.165, 1.54) is 0 Å². The number of para-hydroxylation sites is 1. The largest absolute Gasteiger partial charge is 0.496 e. The lowest BCUT2D eigenvalue weighted by atomic mass is 10.1. The molecule has 0 saturated carbocycles. The van der Waals surface area contributed by atoms with E-state index in [0.29, 0.717) is 0 Å². The lowest BCUT2D eigenvalue weighted by Gasteiger charge is -2.12. The molecule has 1 atom stereocenters. The fourth-order valence-corrected chi connectivity index (χ4v) is 2.85. The first kappa shape index (κ1) is 15.3. The van der Waals surface area contributed by atoms with Gasteiger partial charge in [-0.25, -0.2) is 9.50 Å². The second kappa shape index (κ2) is 6.33. The molecule has 25 heavy (non-hydrogen) atoms. The molecule has 3 aromatic heterocycles. The average Bonchev–Trinajstić information content (AvgIpc) is 3.11. The maximum atomic E-state index is 6.38. The van der Waals surface area contributed by atoms with Crippen molar-refractivity contribution in [2.45, 2.75) is 6.04 Å². The third kappa shape index (κ3) is 2.72. The highest BCUT2D eigenvalue weighted by atomic mass is 16.5. The number of ether oxygens (including phenoxy) is 1. The average molecular weight is 331 g/mol. The fourth-order valence-electron chi connectivity index (χ4n) is 2.85. The number of hydrogen-bond donors (Lipinski definition) is 1. The van der Waals surface area contributed by atoms with Crippen LogP contribution in [0.3, 0.4) is 0 Å². The molecule has 6 nitrogen and oxygen atoms in total. The second-order valence-electron chi connectivity index (χ2n) is 5.64. The monoisotopic (exact) mass is 331 g/mol. The molecule has 1 aromatic carbocycles. The van der Waals surface area contributed by atoms with Gasteiger partial charge in [0, 0.05) is 24.2 Å². The van der Waals surface area contributed by atoms with Crippen molar-refractivity contribution in [2.75, 3.05) is 7.11 Å². The highest BCUT2D eigenvalue weighted by molar-refractivity contribution is 5.81. The van der Waals surface area contributed by atoms with Crippen LogP contribution < -0.4 is 10.5 Å². The summed E-state index contributed by atoms with van der Waals surface area (Å²) >= 11 is 0. The van der Waals surface area contributed by atoms with Crippen LogP contribution in [0.25, 0.3) is 16.8 Å². The summed E-state index contributed by atoms with van der Waals surface area (Å²) in [7, 11) is 1.66. The molecule has 0 fully saturated rings. The first-order valence-corrected chi connectivity index (χ1v) is 7.91. The SMILES string of the molecule is COc1ccccc1-c1cnn2ccc(C(N)c3ccncc3)nc12. The van der Waals surface area contributed by atoms with Crippen LogP contribution in [0, 0.1) is 0 Å². The molecule has 124 valence electrons. The van der Waals surface area contributed by atoms with E-state index in [1.807, 2.05) is 48.7 Å². The normalized spacial score (nSPS) is 12.2. The Bertz CT molecular complexity index is 1010. The van der Waals surface area contributed by atoms with Crippen molar-refractivity contribution in [1.29, 1.82) is 0 Å². The molecular formula is C19H17N5O. The zero-order valence-corrected chi connectivity index (χ0v) is 13.7. The number of benzene rings is 1. The number of aromatic nitrogens is 4. The highest BCUT2D eigenvalue weighted by Gasteiger charge is 2.16. The van der Waals surface area contributed by atoms with E-state index in [-0.39, 0.29) is 6.04 Å². The van der Waals surface area contributed by atoms with Gasteiger partial charge in [0.2, 0.25) is 0 Å². The van der Waals surface area contributed by atoms with Crippen molar-refractivity contribution >= 4 is 5.65 Å². The summed E-state index contributed by atoms with van der Waals surface area (Å²) in [5.41, 5.74) is 10.7. The predicted molar refractivity (Wildman–Crippen MR) is 95.2 cm³/mol. The van der Waals surface area contributed by atoms with Crippen LogP contribution in [0.4, 0.5) is 0 Å². The van der Waals surface area contributed by atoms with Gasteiger partial charge in [-0.1, -0.05) is 18.2 Å². The molecule has 4 rings (SSSR count). The molecule has 0 amide bonds. The van der Waals surface area contributed by atoms with E-state index < -0.39 is 0 Å². The lowest BCUT2D eigenvalue weighted by Crippen LogP contribution is -2.14. The third-order valence-electron chi connectivity index (χ3n) is 4.17. The number of hydrogen-bond acceptors (Lipinski definition) is 5. The molecule has 0 radical (unpaired) electrons. The smallest absolute Gasteiger partial charge is 0.163 e. The predicted octanol–water partition coefficient (Wildman–Crippen LogP) is 2.85. The van der Waals surface area contributed by atoms with Gasteiger partial charge in [0.25, 0.3) is 0 Å². The Balaban J connectivity index is 1.83. The summed E-state index contributed by atoms with van der Waals surface area (Å²) < 4.78 is 7.21. The van der Waals surface area contributed by atoms with Gasteiger partial charge in [0.05, 0.1) is 30.6 Å². The molecule has 2 N–H and O–H groups in total. The molecule has 0 aliphatic carbocycles. The number of fused-ring (bicyclic) bond motifs is 1. The number of rotatable bonds is 4. The van der Waals surface area contributed by atoms with Crippen LogP contribution in [-0.2, 0) is 0 Å². The summed E-state index contributed by atoms with van der Waals surface area (Å²) in [4.78, 5) is 8.79. The quantitative estimate of drug-likeness (QED) is 0.622. The molecule has 0 aliphatic rings. The Morgan fingerprint density at radius 3 is 2.64 bits per heavy atom. The van der Waals surface area contributed by atoms with Gasteiger partial charge in [0.1, 0.15) is 5.75 Å². The van der Waals surface area contributed by atoms with Crippen molar-refractivity contribution in [1.82, 2.24) is 19.6 Å². The van der Waals surface area contributed by atoms with Crippen molar-refractivity contribution in [2.24, 2.45) is 5.73 Å². The van der Waals surface area contributed by atoms with Crippen LogP contribution in [-0.4, -0.2) is 26.7 Å². The molecule has 0 bridgehead atoms. The topological polar surface area (TPSA) is 78.3 Å². The highest BCUT2D eigenvalue weighted by Crippen LogP contribution is 2.32. The molecule has 4 aromatic rings. The van der Waals surface area contributed by atoms with E-state index in [9.17, 15) is 0 Å². The fraction of sp³-hybridized carbons (Fsp3) is 0.105. The van der Waals surface area contributed by atoms with Crippen molar-refractivity contribution in [3.05, 3.63) is 78.5 Å². The van der Waals surface area contributed by atoms with Gasteiger partial charge in [-0.3, -0.25) is 4.98 Å². The Morgan fingerprint density at radius 2 is 1.84 bits per heavy atom. The summed E-state index contributed by atoms with van der Waals surface area (Å²) in [6, 6.07) is 13.2. The van der Waals surface area contributed by atoms with Crippen LogP contribution in [0.2, 0.25) is 0 Å². The van der Waals surface area contributed by atoms with E-state index in [2.05, 4.69) is 10.1 Å². The minimum absolute atomic E-state index is 0.326. The van der Waals surface area contributed by atoms with Crippen LogP contribution in [0.5, 0.6) is 5.75 Å². The maximum Gasteiger partial charge on any atom is 0.163 e. The van der Waals surface area contributed by atoms with Crippen LogP contribution in [0.1, 0.15) is 17.3 Å². The first-order chi connectivity index (χ1) is 12.3. The van der Waals surface area contributed by atoms with E-state index in [0.717, 1.165) is 33.8 Å². The maximum absolute atomic E-state index is 6.38. The third-order valence-corrected chi connectivity index (χ3v) is 4.17. The summed E-state index contributed by atoms with van der Waals surface area (Å²) in [6.07, 6.45) is 7.12. The number of pyridine rings is 1. The van der Waals surface area contributed by atoms with Gasteiger partial charge in [0.15, 0.2) is 5.65 Å². The number of nitrogens with two attached hydrogens (primary N) is 1. The van der Waals surface area contributed by atoms with Crippen molar-refractivity contribution in [3.8, 4) is 16.9 Å². The first-order valence-electron chi connectivity index (χ1n) is 7.91. The Hall–Kier alpha value is -3.25. The molecule has 0 spiro atoms. The standard InChI is InChI=1S/C19H17N5O/c1-25-17-5-3-2-4-14(17)15-12-22-24-11-8-16(23-19(15)24)18(20)13-6-9-21-10-7-13/h2-12,18H,20H2,1H3. The summed E-state index contributed by atoms with van der Waals surface area (Å²) in [5.74, 6) is 0.781. The van der Waals surface area contributed by atoms with Gasteiger partial charge < -0.3 is 10.5 Å². The molecule has 1 unspecified atom stereocenters. The van der Waals surface area contributed by atoms with Crippen LogP contribution >= 0.6 is 0 Å². The Morgan fingerprint density at radius 1 is 1.04 bits per heavy atom. The van der Waals surface area contributed by atoms with E-state index in [4.69, 9.17) is 15.5 Å². The molecule has 3 heterocycles. The lowest BCUT2D eigenvalue weighted by molar-refractivity contribution is 0.416. The molecular weight excluding hydrogens is 314 g/mol. The molecule has 0 aliphatic heterocycles. The zero-order valence-electron chi connectivity index (χ0n) is 13.7. The minimum atomic E-state index is -0.326. The summed E-state index contributed by atoms with van der Waals surface area (Å²) in [6.45, 7) is 0. The molecule has 6 heteroatoms. The van der Waals surface area contributed by atoms with Gasteiger partial charge in [-0.15, -0.1) is 0 Å².